The highest BCUT2D eigenvalue weighted by Gasteiger charge is 2.31. The minimum atomic E-state index is -3.59. The van der Waals surface area contributed by atoms with Crippen molar-refractivity contribution in [3.8, 4) is 0 Å². The van der Waals surface area contributed by atoms with Crippen molar-refractivity contribution in [2.45, 2.75) is 17.4 Å². The Labute approximate surface area is 112 Å². The van der Waals surface area contributed by atoms with Crippen LogP contribution in [0.4, 0.5) is 0 Å². The molecule has 0 bridgehead atoms. The summed E-state index contributed by atoms with van der Waals surface area (Å²) in [5, 5.41) is 0. The number of hydrogen-bond acceptors (Lipinski definition) is 5. The molecule has 1 aliphatic rings. The summed E-state index contributed by atoms with van der Waals surface area (Å²) in [5.74, 6) is -0.560. The number of esters is 1. The molecule has 0 aliphatic carbocycles. The number of carbonyl (C=O) groups excluding carboxylic acids is 1. The van der Waals surface area contributed by atoms with Crippen LogP contribution in [0, 0.1) is 0 Å². The second kappa shape index (κ2) is 5.28. The van der Waals surface area contributed by atoms with E-state index in [2.05, 4.69) is 4.74 Å². The van der Waals surface area contributed by atoms with Crippen LogP contribution in [0.5, 0.6) is 0 Å². The topological polar surface area (TPSA) is 89.7 Å². The number of nitrogens with two attached hydrogens (primary N) is 1. The van der Waals surface area contributed by atoms with Gasteiger partial charge >= 0.3 is 5.97 Å². The first-order valence-corrected chi connectivity index (χ1v) is 7.33. The molecule has 1 aromatic carbocycles. The highest BCUT2D eigenvalue weighted by Crippen LogP contribution is 2.21. The summed E-state index contributed by atoms with van der Waals surface area (Å²) in [6, 6.07) is 5.70. The normalized spacial score (nSPS) is 20.4. The van der Waals surface area contributed by atoms with Gasteiger partial charge in [0.25, 0.3) is 0 Å². The number of carbonyl (C=O) groups is 1. The zero-order valence-corrected chi connectivity index (χ0v) is 11.4. The van der Waals surface area contributed by atoms with Gasteiger partial charge in [0.1, 0.15) is 0 Å². The maximum Gasteiger partial charge on any atom is 0.337 e. The minimum Gasteiger partial charge on any atom is -0.465 e. The van der Waals surface area contributed by atoms with Crippen LogP contribution in [-0.2, 0) is 14.8 Å². The molecule has 0 unspecified atom stereocenters. The van der Waals surface area contributed by atoms with Gasteiger partial charge in [0.15, 0.2) is 0 Å². The van der Waals surface area contributed by atoms with Crippen LogP contribution in [0.15, 0.2) is 29.2 Å². The van der Waals surface area contributed by atoms with E-state index in [1.165, 1.54) is 35.7 Å². The molecule has 104 valence electrons. The Morgan fingerprint density at radius 1 is 1.47 bits per heavy atom. The van der Waals surface area contributed by atoms with Crippen molar-refractivity contribution in [1.29, 1.82) is 0 Å². The van der Waals surface area contributed by atoms with E-state index in [0.29, 0.717) is 19.5 Å². The molecule has 1 atom stereocenters. The van der Waals surface area contributed by atoms with Gasteiger partial charge in [0.05, 0.1) is 17.6 Å². The monoisotopic (exact) mass is 284 g/mol. The Kier molecular flexibility index (Phi) is 3.88. The molecule has 1 aliphatic heterocycles. The van der Waals surface area contributed by atoms with Crippen LogP contribution < -0.4 is 5.73 Å². The molecule has 19 heavy (non-hydrogen) atoms. The molecule has 1 saturated heterocycles. The number of ether oxygens (including phenoxy) is 1. The van der Waals surface area contributed by atoms with Gasteiger partial charge in [0, 0.05) is 19.1 Å². The first-order valence-electron chi connectivity index (χ1n) is 5.89. The highest BCUT2D eigenvalue weighted by molar-refractivity contribution is 7.89. The minimum absolute atomic E-state index is 0.0875. The Morgan fingerprint density at radius 3 is 2.79 bits per heavy atom. The first kappa shape index (κ1) is 14.0. The van der Waals surface area contributed by atoms with Crippen molar-refractivity contribution < 1.29 is 17.9 Å². The van der Waals surface area contributed by atoms with Gasteiger partial charge < -0.3 is 10.5 Å². The molecule has 0 radical (unpaired) electrons. The average molecular weight is 284 g/mol. The Balaban J connectivity index is 2.33. The van der Waals surface area contributed by atoms with Crippen LogP contribution in [-0.4, -0.2) is 44.9 Å². The molecular weight excluding hydrogens is 268 g/mol. The van der Waals surface area contributed by atoms with E-state index in [1.807, 2.05) is 0 Å². The third-order valence-corrected chi connectivity index (χ3v) is 4.94. The summed E-state index contributed by atoms with van der Waals surface area (Å²) in [7, 11) is -2.34. The quantitative estimate of drug-likeness (QED) is 0.801. The second-order valence-electron chi connectivity index (χ2n) is 4.43. The van der Waals surface area contributed by atoms with Gasteiger partial charge in [-0.3, -0.25) is 0 Å². The summed E-state index contributed by atoms with van der Waals surface area (Å²) in [6.07, 6.45) is 0.649. The number of sulfonamides is 1. The van der Waals surface area contributed by atoms with Gasteiger partial charge in [-0.1, -0.05) is 6.07 Å². The number of nitrogens with zero attached hydrogens (tertiary/aromatic N) is 1. The average Bonchev–Trinajstić information content (AvgIpc) is 2.85. The lowest BCUT2D eigenvalue weighted by Gasteiger charge is -2.16. The zero-order valence-electron chi connectivity index (χ0n) is 10.6. The predicted octanol–water partition coefficient (Wildman–Crippen LogP) is 0.195. The van der Waals surface area contributed by atoms with Crippen molar-refractivity contribution >= 4 is 16.0 Å². The van der Waals surface area contributed by atoms with E-state index in [0.717, 1.165) is 0 Å². The Morgan fingerprint density at radius 2 is 2.21 bits per heavy atom. The molecule has 1 heterocycles. The van der Waals surface area contributed by atoms with Crippen molar-refractivity contribution in [2.75, 3.05) is 20.2 Å². The van der Waals surface area contributed by atoms with Crippen molar-refractivity contribution in [2.24, 2.45) is 5.73 Å². The maximum absolute atomic E-state index is 12.4. The van der Waals surface area contributed by atoms with E-state index in [4.69, 9.17) is 5.73 Å². The van der Waals surface area contributed by atoms with Crippen LogP contribution in [0.1, 0.15) is 16.8 Å². The van der Waals surface area contributed by atoms with Gasteiger partial charge in [0.2, 0.25) is 10.0 Å². The van der Waals surface area contributed by atoms with E-state index < -0.39 is 16.0 Å². The molecule has 0 saturated carbocycles. The van der Waals surface area contributed by atoms with Crippen LogP contribution in [0.2, 0.25) is 0 Å². The van der Waals surface area contributed by atoms with E-state index >= 15 is 0 Å². The first-order chi connectivity index (χ1) is 8.95. The summed E-state index contributed by atoms with van der Waals surface area (Å²) in [4.78, 5) is 11.5. The third kappa shape index (κ3) is 2.78. The smallest absolute Gasteiger partial charge is 0.337 e. The van der Waals surface area contributed by atoms with E-state index in [9.17, 15) is 13.2 Å². The molecular formula is C12H16N2O4S. The SMILES string of the molecule is COC(=O)c1cccc(S(=O)(=O)N2CC[C@@H](N)C2)c1. The van der Waals surface area contributed by atoms with Crippen molar-refractivity contribution in [3.05, 3.63) is 29.8 Å². The molecule has 2 N–H and O–H groups in total. The molecule has 7 heteroatoms. The molecule has 2 rings (SSSR count). The highest BCUT2D eigenvalue weighted by atomic mass is 32.2. The number of hydrogen-bond donors (Lipinski definition) is 1. The fraction of sp³-hybridized carbons (Fsp3) is 0.417. The molecule has 0 amide bonds. The fourth-order valence-electron chi connectivity index (χ4n) is 2.02. The van der Waals surface area contributed by atoms with Crippen molar-refractivity contribution in [3.63, 3.8) is 0 Å². The fourth-order valence-corrected chi connectivity index (χ4v) is 3.58. The van der Waals surface area contributed by atoms with Crippen LogP contribution in [0.25, 0.3) is 0 Å². The summed E-state index contributed by atoms with van der Waals surface area (Å²) in [6.45, 7) is 0.719. The second-order valence-corrected chi connectivity index (χ2v) is 6.37. The number of methoxy groups -OCH3 is 1. The van der Waals surface area contributed by atoms with Gasteiger partial charge in [-0.2, -0.15) is 4.31 Å². The number of benzene rings is 1. The molecule has 1 fully saturated rings. The standard InChI is InChI=1S/C12H16N2O4S/c1-18-12(15)9-3-2-4-11(7-9)19(16,17)14-6-5-10(13)8-14/h2-4,7,10H,5-6,8,13H2,1H3/t10-/m1/s1. The Hall–Kier alpha value is -1.44. The predicted molar refractivity (Wildman–Crippen MR) is 69.1 cm³/mol. The maximum atomic E-state index is 12.4. The van der Waals surface area contributed by atoms with E-state index in [1.54, 1.807) is 0 Å². The largest absolute Gasteiger partial charge is 0.465 e. The zero-order chi connectivity index (χ0) is 14.0. The lowest BCUT2D eigenvalue weighted by atomic mass is 10.2. The van der Waals surface area contributed by atoms with E-state index in [-0.39, 0.29) is 16.5 Å². The summed E-state index contributed by atoms with van der Waals surface area (Å²) < 4.78 is 30.6. The number of rotatable bonds is 3. The third-order valence-electron chi connectivity index (χ3n) is 3.08. The summed E-state index contributed by atoms with van der Waals surface area (Å²) >= 11 is 0. The molecule has 0 spiro atoms. The van der Waals surface area contributed by atoms with Gasteiger partial charge in [-0.15, -0.1) is 0 Å². The lowest BCUT2D eigenvalue weighted by Crippen LogP contribution is -2.32. The summed E-state index contributed by atoms with van der Waals surface area (Å²) in [5.41, 5.74) is 5.93. The molecule has 1 aromatic rings. The van der Waals surface area contributed by atoms with Gasteiger partial charge in [-0.25, -0.2) is 13.2 Å². The molecule has 6 nitrogen and oxygen atoms in total. The van der Waals surface area contributed by atoms with Crippen LogP contribution >= 0.6 is 0 Å². The van der Waals surface area contributed by atoms with Crippen molar-refractivity contribution in [1.82, 2.24) is 4.31 Å². The Bertz CT molecular complexity index is 585. The molecule has 0 aromatic heterocycles. The lowest BCUT2D eigenvalue weighted by molar-refractivity contribution is 0.0600. The van der Waals surface area contributed by atoms with Gasteiger partial charge in [-0.05, 0) is 24.6 Å². The van der Waals surface area contributed by atoms with Crippen LogP contribution in [0.3, 0.4) is 0 Å².